The Bertz CT molecular complexity index is 2060. The van der Waals surface area contributed by atoms with E-state index in [9.17, 15) is 4.79 Å². The summed E-state index contributed by atoms with van der Waals surface area (Å²) in [5.41, 5.74) is 5.93. The first-order valence-corrected chi connectivity index (χ1v) is 15.1. The van der Waals surface area contributed by atoms with Gasteiger partial charge in [-0.2, -0.15) is 0 Å². The maximum absolute atomic E-state index is 12.8. The minimum Gasteiger partial charge on any atom is -0.487 e. The van der Waals surface area contributed by atoms with Crippen molar-refractivity contribution in [3.05, 3.63) is 190 Å². The van der Waals surface area contributed by atoms with Crippen molar-refractivity contribution in [3.8, 4) is 16.9 Å². The highest BCUT2D eigenvalue weighted by Gasteiger charge is 2.38. The van der Waals surface area contributed by atoms with Crippen LogP contribution in [0.2, 0.25) is 5.02 Å². The Labute approximate surface area is 266 Å². The van der Waals surface area contributed by atoms with E-state index in [4.69, 9.17) is 21.3 Å². The van der Waals surface area contributed by atoms with Crippen molar-refractivity contribution in [2.45, 2.75) is 12.1 Å². The molecule has 7 aromatic rings. The van der Waals surface area contributed by atoms with Gasteiger partial charge in [-0.15, -0.1) is 0 Å². The number of nitrogens with zero attached hydrogens (tertiary/aromatic N) is 3. The third-order valence-electron chi connectivity index (χ3n) is 8.34. The molecule has 0 unspecified atom stereocenters. The molecule has 0 amide bonds. The number of fused-ring (bicyclic) bond motifs is 1. The molecule has 0 saturated heterocycles. The van der Waals surface area contributed by atoms with E-state index < -0.39 is 5.54 Å². The van der Waals surface area contributed by atoms with E-state index >= 15 is 0 Å². The van der Waals surface area contributed by atoms with E-state index in [1.807, 2.05) is 67.0 Å². The molecule has 6 heteroatoms. The van der Waals surface area contributed by atoms with Crippen molar-refractivity contribution in [1.29, 1.82) is 0 Å². The van der Waals surface area contributed by atoms with Gasteiger partial charge in [-0.1, -0.05) is 115 Å². The number of hydrogen-bond acceptors (Lipinski definition) is 3. The van der Waals surface area contributed by atoms with Gasteiger partial charge in [0.25, 0.3) is 5.56 Å². The average molecular weight is 608 g/mol. The van der Waals surface area contributed by atoms with Crippen LogP contribution in [-0.2, 0) is 19.2 Å². The number of ether oxygens (including phenoxy) is 1. The van der Waals surface area contributed by atoms with Crippen LogP contribution in [0.5, 0.6) is 5.75 Å². The summed E-state index contributed by atoms with van der Waals surface area (Å²) in [6.07, 6.45) is 3.95. The normalized spacial score (nSPS) is 11.5. The number of pyridine rings is 1. The number of hydrogen-bond donors (Lipinski definition) is 0. The fraction of sp³-hybridized carbons (Fsp3) is 0.0769. The summed E-state index contributed by atoms with van der Waals surface area (Å²) in [6.45, 7) is 0.269. The maximum atomic E-state index is 12.8. The van der Waals surface area contributed by atoms with E-state index in [2.05, 4.69) is 83.6 Å². The Kier molecular flexibility index (Phi) is 7.54. The molecule has 0 spiro atoms. The van der Waals surface area contributed by atoms with E-state index in [-0.39, 0.29) is 12.2 Å². The molecule has 2 heterocycles. The monoisotopic (exact) mass is 607 g/mol. The summed E-state index contributed by atoms with van der Waals surface area (Å²) in [4.78, 5) is 17.6. The molecule has 5 aromatic carbocycles. The highest BCUT2D eigenvalue weighted by atomic mass is 35.5. The molecular formula is C39H30ClN3O2. The smallest absolute Gasteiger partial charge is 0.251 e. The molecule has 5 nitrogen and oxygen atoms in total. The SMILES string of the molecule is Cn1c(=O)cc(-c2cccc(Cl)c2)c2cc(OCc3cn(C(c4ccccc4)(c4ccccc4)c4ccccc4)cn3)ccc21. The number of aromatic nitrogens is 3. The van der Waals surface area contributed by atoms with Gasteiger partial charge in [-0.25, -0.2) is 4.98 Å². The second kappa shape index (κ2) is 11.9. The Morgan fingerprint density at radius 1 is 0.733 bits per heavy atom. The molecule has 0 fully saturated rings. The molecule has 0 saturated carbocycles. The second-order valence-corrected chi connectivity index (χ2v) is 11.5. The fourth-order valence-corrected chi connectivity index (χ4v) is 6.38. The van der Waals surface area contributed by atoms with Crippen LogP contribution in [0.1, 0.15) is 22.4 Å². The Hall–Kier alpha value is -5.39. The van der Waals surface area contributed by atoms with Gasteiger partial charge in [0.2, 0.25) is 0 Å². The van der Waals surface area contributed by atoms with Crippen LogP contribution in [0.3, 0.4) is 0 Å². The zero-order chi connectivity index (χ0) is 30.8. The molecular weight excluding hydrogens is 578 g/mol. The molecule has 0 aliphatic rings. The van der Waals surface area contributed by atoms with Crippen molar-refractivity contribution < 1.29 is 4.74 Å². The highest BCUT2D eigenvalue weighted by Crippen LogP contribution is 2.41. The first-order valence-electron chi connectivity index (χ1n) is 14.8. The second-order valence-electron chi connectivity index (χ2n) is 11.0. The van der Waals surface area contributed by atoms with Gasteiger partial charge in [0.1, 0.15) is 17.9 Å². The van der Waals surface area contributed by atoms with Crippen molar-refractivity contribution >= 4 is 22.5 Å². The molecule has 0 N–H and O–H groups in total. The number of benzene rings is 5. The van der Waals surface area contributed by atoms with E-state index in [0.717, 1.165) is 44.4 Å². The van der Waals surface area contributed by atoms with Crippen molar-refractivity contribution in [3.63, 3.8) is 0 Å². The Morgan fingerprint density at radius 2 is 1.36 bits per heavy atom. The topological polar surface area (TPSA) is 49.0 Å². The van der Waals surface area contributed by atoms with Gasteiger partial charge in [-0.3, -0.25) is 4.79 Å². The van der Waals surface area contributed by atoms with Crippen LogP contribution in [-0.4, -0.2) is 14.1 Å². The minimum atomic E-state index is -0.644. The lowest BCUT2D eigenvalue weighted by Gasteiger charge is -2.37. The highest BCUT2D eigenvalue weighted by molar-refractivity contribution is 6.30. The van der Waals surface area contributed by atoms with Gasteiger partial charge < -0.3 is 13.9 Å². The predicted molar refractivity (Wildman–Crippen MR) is 181 cm³/mol. The van der Waals surface area contributed by atoms with Gasteiger partial charge in [0.05, 0.1) is 17.5 Å². The van der Waals surface area contributed by atoms with Crippen molar-refractivity contribution in [2.24, 2.45) is 7.05 Å². The zero-order valence-electron chi connectivity index (χ0n) is 24.7. The van der Waals surface area contributed by atoms with Gasteiger partial charge in [0.15, 0.2) is 0 Å². The quantitative estimate of drug-likeness (QED) is 0.163. The van der Waals surface area contributed by atoms with Crippen molar-refractivity contribution in [1.82, 2.24) is 14.1 Å². The third-order valence-corrected chi connectivity index (χ3v) is 8.57. The summed E-state index contributed by atoms with van der Waals surface area (Å²) < 4.78 is 10.2. The summed E-state index contributed by atoms with van der Waals surface area (Å²) in [5.74, 6) is 0.680. The lowest BCUT2D eigenvalue weighted by Crippen LogP contribution is -2.36. The standard InChI is InChI=1S/C39H30ClN3O2/c1-42-37-21-20-34(23-36(37)35(24-38(42)44)28-12-11-19-32(40)22-28)45-26-33-25-43(27-41-33)39(29-13-5-2-6-14-29,30-15-7-3-8-16-30)31-17-9-4-10-18-31/h2-25,27H,26H2,1H3. The molecule has 220 valence electrons. The molecule has 2 aromatic heterocycles. The van der Waals surface area contributed by atoms with Crippen LogP contribution >= 0.6 is 11.6 Å². The van der Waals surface area contributed by atoms with Gasteiger partial charge in [0, 0.05) is 29.7 Å². The lowest BCUT2D eigenvalue weighted by atomic mass is 9.77. The lowest BCUT2D eigenvalue weighted by molar-refractivity contribution is 0.302. The van der Waals surface area contributed by atoms with Gasteiger partial charge in [-0.05, 0) is 58.1 Å². The molecule has 7 rings (SSSR count). The first-order chi connectivity index (χ1) is 22.0. The number of aryl methyl sites for hydroxylation is 1. The summed E-state index contributed by atoms with van der Waals surface area (Å²) in [6, 6.07) is 46.5. The summed E-state index contributed by atoms with van der Waals surface area (Å²) in [5, 5.41) is 1.51. The Morgan fingerprint density at radius 3 is 1.96 bits per heavy atom. The number of rotatable bonds is 8. The Balaban J connectivity index is 1.27. The van der Waals surface area contributed by atoms with Crippen LogP contribution in [0.25, 0.3) is 22.0 Å². The summed E-state index contributed by atoms with van der Waals surface area (Å²) >= 11 is 6.30. The molecule has 0 aliphatic carbocycles. The number of imidazole rings is 1. The third kappa shape index (κ3) is 5.22. The van der Waals surface area contributed by atoms with Crippen molar-refractivity contribution in [2.75, 3.05) is 0 Å². The minimum absolute atomic E-state index is 0.0876. The van der Waals surface area contributed by atoms with E-state index in [0.29, 0.717) is 10.8 Å². The molecule has 0 atom stereocenters. The average Bonchev–Trinajstić information content (AvgIpc) is 3.56. The molecule has 0 bridgehead atoms. The first kappa shape index (κ1) is 28.4. The van der Waals surface area contributed by atoms with Crippen LogP contribution in [0.4, 0.5) is 0 Å². The maximum Gasteiger partial charge on any atom is 0.251 e. The molecule has 0 radical (unpaired) electrons. The van der Waals surface area contributed by atoms with Crippen LogP contribution in [0.15, 0.2) is 157 Å². The van der Waals surface area contributed by atoms with Crippen LogP contribution in [0, 0.1) is 0 Å². The zero-order valence-corrected chi connectivity index (χ0v) is 25.4. The number of halogens is 1. The van der Waals surface area contributed by atoms with E-state index in [1.54, 1.807) is 17.7 Å². The van der Waals surface area contributed by atoms with E-state index in [1.165, 1.54) is 0 Å². The fourth-order valence-electron chi connectivity index (χ4n) is 6.19. The predicted octanol–water partition coefficient (Wildman–Crippen LogP) is 8.47. The molecule has 45 heavy (non-hydrogen) atoms. The van der Waals surface area contributed by atoms with Crippen LogP contribution < -0.4 is 10.3 Å². The molecule has 0 aliphatic heterocycles. The summed E-state index contributed by atoms with van der Waals surface area (Å²) in [7, 11) is 1.78. The largest absolute Gasteiger partial charge is 0.487 e. The van der Waals surface area contributed by atoms with Gasteiger partial charge >= 0.3 is 0 Å².